The van der Waals surface area contributed by atoms with Crippen molar-refractivity contribution in [3.8, 4) is 11.5 Å². The molecule has 3 heteroatoms. The van der Waals surface area contributed by atoms with E-state index >= 15 is 0 Å². The number of rotatable bonds is 3. The molecule has 0 amide bonds. The summed E-state index contributed by atoms with van der Waals surface area (Å²) in [5, 5.41) is 21.4. The van der Waals surface area contributed by atoms with E-state index in [1.165, 1.54) is 19.3 Å². The number of halogens is 1. The van der Waals surface area contributed by atoms with Gasteiger partial charge in [0.25, 0.3) is 0 Å². The van der Waals surface area contributed by atoms with Crippen molar-refractivity contribution in [2.75, 3.05) is 0 Å². The Hall–Kier alpha value is -1.93. The predicted octanol–water partition coefficient (Wildman–Crippen LogP) is 5.97. The normalized spacial score (nSPS) is 16.0. The van der Waals surface area contributed by atoms with E-state index in [1.54, 1.807) is 12.1 Å². The van der Waals surface area contributed by atoms with Crippen LogP contribution in [0.25, 0.3) is 12.2 Å². The van der Waals surface area contributed by atoms with Crippen LogP contribution >= 0.6 is 11.6 Å². The zero-order valence-electron chi connectivity index (χ0n) is 13.0. The summed E-state index contributed by atoms with van der Waals surface area (Å²) in [6.07, 6.45) is 9.45. The smallest absolute Gasteiger partial charge is 0.123 e. The standard InChI is InChI=1S/C20H21ClO2/c21-17-8-4-5-14(11-17)9-10-15-12-18(22)20(19(23)13-15)16-6-2-1-3-7-16/h4-5,8-13,16,22-23H,1-3,6-7H2. The molecule has 1 fully saturated rings. The number of phenols is 2. The van der Waals surface area contributed by atoms with Gasteiger partial charge in [0, 0.05) is 10.6 Å². The van der Waals surface area contributed by atoms with E-state index in [0.717, 1.165) is 24.0 Å². The molecule has 0 heterocycles. The number of phenolic OH excluding ortho intramolecular Hbond substituents is 2. The van der Waals surface area contributed by atoms with Crippen LogP contribution in [-0.2, 0) is 0 Å². The van der Waals surface area contributed by atoms with Crippen LogP contribution in [-0.4, -0.2) is 10.2 Å². The Labute approximate surface area is 142 Å². The van der Waals surface area contributed by atoms with Gasteiger partial charge in [-0.25, -0.2) is 0 Å². The summed E-state index contributed by atoms with van der Waals surface area (Å²) in [7, 11) is 0. The minimum atomic E-state index is 0.197. The van der Waals surface area contributed by atoms with Crippen molar-refractivity contribution in [3.05, 3.63) is 58.1 Å². The molecule has 3 rings (SSSR count). The molecule has 1 saturated carbocycles. The van der Waals surface area contributed by atoms with Crippen LogP contribution < -0.4 is 0 Å². The van der Waals surface area contributed by atoms with Crippen molar-refractivity contribution in [2.24, 2.45) is 0 Å². The first-order valence-corrected chi connectivity index (χ1v) is 8.51. The molecule has 0 aliphatic heterocycles. The SMILES string of the molecule is Oc1cc(C=Cc2cccc(Cl)c2)cc(O)c1C1CCCCC1. The van der Waals surface area contributed by atoms with Gasteiger partial charge in [-0.05, 0) is 54.2 Å². The van der Waals surface area contributed by atoms with Crippen LogP contribution in [0.5, 0.6) is 11.5 Å². The van der Waals surface area contributed by atoms with Crippen molar-refractivity contribution in [3.63, 3.8) is 0 Å². The summed E-state index contributed by atoms with van der Waals surface area (Å²) in [5.74, 6) is 0.667. The maximum Gasteiger partial charge on any atom is 0.123 e. The Balaban J connectivity index is 1.84. The molecule has 0 atom stereocenters. The second kappa shape index (κ2) is 7.10. The molecule has 23 heavy (non-hydrogen) atoms. The van der Waals surface area contributed by atoms with Gasteiger partial charge >= 0.3 is 0 Å². The largest absolute Gasteiger partial charge is 0.507 e. The third-order valence-corrected chi connectivity index (χ3v) is 4.72. The fourth-order valence-electron chi connectivity index (χ4n) is 3.35. The maximum atomic E-state index is 10.4. The zero-order valence-corrected chi connectivity index (χ0v) is 13.8. The number of hydrogen-bond acceptors (Lipinski definition) is 2. The lowest BCUT2D eigenvalue weighted by atomic mass is 9.83. The highest BCUT2D eigenvalue weighted by molar-refractivity contribution is 6.30. The topological polar surface area (TPSA) is 40.5 Å². The number of hydrogen-bond donors (Lipinski definition) is 2. The van der Waals surface area contributed by atoms with Crippen LogP contribution in [0.3, 0.4) is 0 Å². The summed E-state index contributed by atoms with van der Waals surface area (Å²) in [5.41, 5.74) is 2.47. The minimum absolute atomic E-state index is 0.197. The molecular weight excluding hydrogens is 308 g/mol. The molecule has 0 spiro atoms. The molecule has 0 saturated heterocycles. The molecule has 0 aromatic heterocycles. The van der Waals surface area contributed by atoms with Crippen molar-refractivity contribution >= 4 is 23.8 Å². The van der Waals surface area contributed by atoms with Gasteiger partial charge in [0.2, 0.25) is 0 Å². The third kappa shape index (κ3) is 3.89. The summed E-state index contributed by atoms with van der Waals surface area (Å²) >= 11 is 5.97. The van der Waals surface area contributed by atoms with Crippen molar-refractivity contribution in [2.45, 2.75) is 38.0 Å². The minimum Gasteiger partial charge on any atom is -0.507 e. The van der Waals surface area contributed by atoms with Gasteiger partial charge in [-0.3, -0.25) is 0 Å². The molecule has 0 radical (unpaired) electrons. The third-order valence-electron chi connectivity index (χ3n) is 4.49. The lowest BCUT2D eigenvalue weighted by molar-refractivity contribution is 0.389. The van der Waals surface area contributed by atoms with E-state index in [4.69, 9.17) is 11.6 Å². The average Bonchev–Trinajstić information content (AvgIpc) is 2.53. The number of benzene rings is 2. The van der Waals surface area contributed by atoms with Gasteiger partial charge in [0.1, 0.15) is 11.5 Å². The van der Waals surface area contributed by atoms with Crippen LogP contribution in [0.15, 0.2) is 36.4 Å². The van der Waals surface area contributed by atoms with Gasteiger partial charge in [0.15, 0.2) is 0 Å². The van der Waals surface area contributed by atoms with Gasteiger partial charge in [-0.1, -0.05) is 55.1 Å². The van der Waals surface area contributed by atoms with Crippen molar-refractivity contribution in [1.82, 2.24) is 0 Å². The van der Waals surface area contributed by atoms with E-state index in [1.807, 2.05) is 36.4 Å². The molecule has 0 unspecified atom stereocenters. The first-order valence-electron chi connectivity index (χ1n) is 8.13. The molecule has 2 aromatic rings. The maximum absolute atomic E-state index is 10.4. The fourth-order valence-corrected chi connectivity index (χ4v) is 3.55. The van der Waals surface area contributed by atoms with Crippen LogP contribution in [0.4, 0.5) is 0 Å². The van der Waals surface area contributed by atoms with Gasteiger partial charge < -0.3 is 10.2 Å². The quantitative estimate of drug-likeness (QED) is 0.681. The Morgan fingerprint density at radius 2 is 1.52 bits per heavy atom. The van der Waals surface area contributed by atoms with E-state index in [2.05, 4.69) is 0 Å². The van der Waals surface area contributed by atoms with E-state index < -0.39 is 0 Å². The molecule has 120 valence electrons. The Morgan fingerprint density at radius 3 is 2.17 bits per heavy atom. The molecule has 2 N–H and O–H groups in total. The fraction of sp³-hybridized carbons (Fsp3) is 0.300. The highest BCUT2D eigenvalue weighted by Gasteiger charge is 2.22. The summed E-state index contributed by atoms with van der Waals surface area (Å²) in [6.45, 7) is 0. The molecular formula is C20H21ClO2. The van der Waals surface area contributed by atoms with Crippen LogP contribution in [0.1, 0.15) is 54.7 Å². The highest BCUT2D eigenvalue weighted by Crippen LogP contribution is 2.42. The second-order valence-corrected chi connectivity index (χ2v) is 6.63. The van der Waals surface area contributed by atoms with E-state index in [-0.39, 0.29) is 17.4 Å². The zero-order chi connectivity index (χ0) is 16.2. The monoisotopic (exact) mass is 328 g/mol. The van der Waals surface area contributed by atoms with E-state index in [9.17, 15) is 10.2 Å². The molecule has 2 aromatic carbocycles. The van der Waals surface area contributed by atoms with Gasteiger partial charge in [-0.15, -0.1) is 0 Å². The van der Waals surface area contributed by atoms with Crippen molar-refractivity contribution in [1.29, 1.82) is 0 Å². The molecule has 1 aliphatic carbocycles. The Bertz CT molecular complexity index is 692. The predicted molar refractivity (Wildman–Crippen MR) is 96.0 cm³/mol. The average molecular weight is 329 g/mol. The highest BCUT2D eigenvalue weighted by atomic mass is 35.5. The van der Waals surface area contributed by atoms with Crippen LogP contribution in [0, 0.1) is 0 Å². The lowest BCUT2D eigenvalue weighted by Crippen LogP contribution is -2.05. The van der Waals surface area contributed by atoms with Crippen LogP contribution in [0.2, 0.25) is 5.02 Å². The summed E-state index contributed by atoms with van der Waals surface area (Å²) in [6, 6.07) is 11.0. The Kier molecular flexibility index (Phi) is 4.92. The summed E-state index contributed by atoms with van der Waals surface area (Å²) in [4.78, 5) is 0. The first-order chi connectivity index (χ1) is 11.1. The molecule has 1 aliphatic rings. The lowest BCUT2D eigenvalue weighted by Gasteiger charge is -2.23. The van der Waals surface area contributed by atoms with Crippen molar-refractivity contribution < 1.29 is 10.2 Å². The van der Waals surface area contributed by atoms with E-state index in [0.29, 0.717) is 10.6 Å². The molecule has 2 nitrogen and oxygen atoms in total. The first kappa shape index (κ1) is 15.9. The summed E-state index contributed by atoms with van der Waals surface area (Å²) < 4.78 is 0. The number of aromatic hydroxyl groups is 2. The molecule has 0 bridgehead atoms. The Morgan fingerprint density at radius 1 is 0.870 bits per heavy atom. The van der Waals surface area contributed by atoms with Gasteiger partial charge in [-0.2, -0.15) is 0 Å². The second-order valence-electron chi connectivity index (χ2n) is 6.20. The van der Waals surface area contributed by atoms with Gasteiger partial charge in [0.05, 0.1) is 0 Å².